The zero-order valence-corrected chi connectivity index (χ0v) is 18.0. The monoisotopic (exact) mass is 384 g/mol. The van der Waals surface area contributed by atoms with Crippen LogP contribution in [-0.4, -0.2) is 30.6 Å². The van der Waals surface area contributed by atoms with Gasteiger partial charge in [-0.2, -0.15) is 0 Å². The lowest BCUT2D eigenvalue weighted by Crippen LogP contribution is -2.42. The van der Waals surface area contributed by atoms with Gasteiger partial charge in [-0.15, -0.1) is 0 Å². The molecule has 4 heteroatoms. The van der Waals surface area contributed by atoms with E-state index in [9.17, 15) is 4.79 Å². The van der Waals surface area contributed by atoms with Crippen molar-refractivity contribution in [2.75, 3.05) is 13.2 Å². The molecule has 0 atom stereocenters. The first-order valence-electron chi connectivity index (χ1n) is 11.6. The number of aliphatic carboxylic acids is 1. The molecule has 1 aliphatic rings. The van der Waals surface area contributed by atoms with Gasteiger partial charge in [0.2, 0.25) is 0 Å². The fraction of sp³-hybridized carbons (Fsp3) is 0.957. The molecule has 1 saturated heterocycles. The van der Waals surface area contributed by atoms with Crippen LogP contribution in [0.3, 0.4) is 0 Å². The molecule has 0 aromatic carbocycles. The van der Waals surface area contributed by atoms with E-state index in [2.05, 4.69) is 13.8 Å². The van der Waals surface area contributed by atoms with E-state index < -0.39 is 5.97 Å². The van der Waals surface area contributed by atoms with Crippen molar-refractivity contribution in [1.29, 1.82) is 0 Å². The third-order valence-electron chi connectivity index (χ3n) is 5.87. The second-order valence-corrected chi connectivity index (χ2v) is 8.52. The summed E-state index contributed by atoms with van der Waals surface area (Å²) in [6, 6.07) is 0. The van der Waals surface area contributed by atoms with Crippen LogP contribution in [0.2, 0.25) is 0 Å². The van der Waals surface area contributed by atoms with Crippen molar-refractivity contribution in [1.82, 2.24) is 0 Å². The van der Waals surface area contributed by atoms with E-state index in [4.69, 9.17) is 14.6 Å². The number of hydrogen-bond acceptors (Lipinski definition) is 3. The minimum atomic E-state index is -0.779. The Bertz CT molecular complexity index is 343. The molecular formula is C23H44O4. The average molecular weight is 385 g/mol. The van der Waals surface area contributed by atoms with Gasteiger partial charge in [0.1, 0.15) is 0 Å². The van der Waals surface area contributed by atoms with E-state index in [-0.39, 0.29) is 18.1 Å². The number of carboxylic acid groups (broad SMARTS) is 1. The van der Waals surface area contributed by atoms with Gasteiger partial charge in [0, 0.05) is 11.8 Å². The largest absolute Gasteiger partial charge is 0.481 e. The van der Waals surface area contributed by atoms with Crippen LogP contribution >= 0.6 is 0 Å². The number of unbranched alkanes of at least 4 members (excludes halogenated alkanes) is 10. The lowest BCUT2D eigenvalue weighted by atomic mass is 9.78. The highest BCUT2D eigenvalue weighted by atomic mass is 16.7. The standard InChI is InChI=1S/C23H44O4/c1-3-5-7-9-11-13-17-23(18-14-12-10-8-6-4-2)19-26-22(27-20-23)16-15-21(24)25/h22H,3-20H2,1-2H3,(H,24,25). The summed E-state index contributed by atoms with van der Waals surface area (Å²) in [5, 5.41) is 8.85. The quantitative estimate of drug-likeness (QED) is 0.283. The van der Waals surface area contributed by atoms with E-state index in [0.717, 1.165) is 13.2 Å². The number of carbonyl (C=O) groups is 1. The maximum absolute atomic E-state index is 10.8. The Hall–Kier alpha value is -0.610. The summed E-state index contributed by atoms with van der Waals surface area (Å²) in [7, 11) is 0. The predicted molar refractivity (Wildman–Crippen MR) is 111 cm³/mol. The SMILES string of the molecule is CCCCCCCCC1(CCCCCCCC)COC(CCC(=O)O)OC1. The lowest BCUT2D eigenvalue weighted by Gasteiger charge is -2.40. The van der Waals surface area contributed by atoms with Crippen LogP contribution in [0.5, 0.6) is 0 Å². The molecule has 1 fully saturated rings. The van der Waals surface area contributed by atoms with Crippen molar-refractivity contribution in [3.8, 4) is 0 Å². The molecule has 1 N–H and O–H groups in total. The van der Waals surface area contributed by atoms with Crippen LogP contribution in [0, 0.1) is 5.41 Å². The van der Waals surface area contributed by atoms with Crippen LogP contribution in [0.4, 0.5) is 0 Å². The van der Waals surface area contributed by atoms with Crippen molar-refractivity contribution in [2.24, 2.45) is 5.41 Å². The fourth-order valence-corrected chi connectivity index (χ4v) is 4.01. The molecule has 27 heavy (non-hydrogen) atoms. The normalized spacial score (nSPS) is 17.3. The Morgan fingerprint density at radius 2 is 1.26 bits per heavy atom. The molecule has 0 unspecified atom stereocenters. The third-order valence-corrected chi connectivity index (χ3v) is 5.87. The van der Waals surface area contributed by atoms with Crippen molar-refractivity contribution in [2.45, 2.75) is 123 Å². The van der Waals surface area contributed by atoms with Gasteiger partial charge >= 0.3 is 5.97 Å². The molecule has 4 nitrogen and oxygen atoms in total. The van der Waals surface area contributed by atoms with Gasteiger partial charge in [-0.3, -0.25) is 4.79 Å². The van der Waals surface area contributed by atoms with E-state index in [1.807, 2.05) is 0 Å². The third kappa shape index (κ3) is 11.7. The summed E-state index contributed by atoms with van der Waals surface area (Å²) in [6.45, 7) is 5.99. The van der Waals surface area contributed by atoms with Crippen LogP contribution < -0.4 is 0 Å². The summed E-state index contributed by atoms with van der Waals surface area (Å²) in [5.41, 5.74) is 0.148. The first-order valence-corrected chi connectivity index (χ1v) is 11.6. The molecule has 1 aliphatic heterocycles. The van der Waals surface area contributed by atoms with E-state index in [1.54, 1.807) is 0 Å². The van der Waals surface area contributed by atoms with Crippen molar-refractivity contribution in [3.63, 3.8) is 0 Å². The van der Waals surface area contributed by atoms with Gasteiger partial charge < -0.3 is 14.6 Å². The predicted octanol–water partition coefficient (Wildman–Crippen LogP) is 6.71. The molecule has 160 valence electrons. The Kier molecular flexibility index (Phi) is 13.9. The van der Waals surface area contributed by atoms with E-state index in [1.165, 1.54) is 89.9 Å². The number of hydrogen-bond donors (Lipinski definition) is 1. The molecular weight excluding hydrogens is 340 g/mol. The summed E-state index contributed by atoms with van der Waals surface area (Å²) < 4.78 is 11.9. The Morgan fingerprint density at radius 3 is 1.70 bits per heavy atom. The zero-order chi connectivity index (χ0) is 19.8. The molecule has 0 amide bonds. The Labute approximate surface area is 167 Å². The van der Waals surface area contributed by atoms with Gasteiger partial charge in [0.05, 0.1) is 19.6 Å². The second kappa shape index (κ2) is 15.3. The van der Waals surface area contributed by atoms with E-state index >= 15 is 0 Å². The Balaban J connectivity index is 2.36. The second-order valence-electron chi connectivity index (χ2n) is 8.52. The zero-order valence-electron chi connectivity index (χ0n) is 18.0. The minimum Gasteiger partial charge on any atom is -0.481 e. The van der Waals surface area contributed by atoms with Gasteiger partial charge in [-0.25, -0.2) is 0 Å². The van der Waals surface area contributed by atoms with Crippen LogP contribution in [0.1, 0.15) is 117 Å². The molecule has 0 aliphatic carbocycles. The van der Waals surface area contributed by atoms with Crippen molar-refractivity contribution in [3.05, 3.63) is 0 Å². The summed E-state index contributed by atoms with van der Waals surface area (Å²) >= 11 is 0. The van der Waals surface area contributed by atoms with Crippen molar-refractivity contribution >= 4 is 5.97 Å². The maximum atomic E-state index is 10.8. The summed E-state index contributed by atoms with van der Waals surface area (Å²) in [4.78, 5) is 10.8. The smallest absolute Gasteiger partial charge is 0.303 e. The number of ether oxygens (including phenoxy) is 2. The summed E-state index contributed by atoms with van der Waals surface area (Å²) in [5.74, 6) is -0.779. The topological polar surface area (TPSA) is 55.8 Å². The number of carboxylic acids is 1. The molecule has 0 radical (unpaired) electrons. The van der Waals surface area contributed by atoms with Crippen LogP contribution in [0.15, 0.2) is 0 Å². The molecule has 0 saturated carbocycles. The fourth-order valence-electron chi connectivity index (χ4n) is 4.01. The lowest BCUT2D eigenvalue weighted by molar-refractivity contribution is -0.235. The minimum absolute atomic E-state index is 0.118. The highest BCUT2D eigenvalue weighted by Crippen LogP contribution is 2.37. The summed E-state index contributed by atoms with van der Waals surface area (Å²) in [6.07, 6.45) is 18.4. The van der Waals surface area contributed by atoms with Gasteiger partial charge in [-0.1, -0.05) is 90.9 Å². The molecule has 1 heterocycles. The number of rotatable bonds is 17. The molecule has 0 bridgehead atoms. The molecule has 0 aromatic rings. The first kappa shape index (κ1) is 24.4. The van der Waals surface area contributed by atoms with Crippen LogP contribution in [0.25, 0.3) is 0 Å². The Morgan fingerprint density at radius 1 is 0.815 bits per heavy atom. The average Bonchev–Trinajstić information content (AvgIpc) is 2.67. The van der Waals surface area contributed by atoms with Gasteiger partial charge in [0.15, 0.2) is 6.29 Å². The maximum Gasteiger partial charge on any atom is 0.303 e. The van der Waals surface area contributed by atoms with Gasteiger partial charge in [-0.05, 0) is 12.8 Å². The van der Waals surface area contributed by atoms with Gasteiger partial charge in [0.25, 0.3) is 0 Å². The van der Waals surface area contributed by atoms with Crippen LogP contribution in [-0.2, 0) is 14.3 Å². The first-order chi connectivity index (χ1) is 13.1. The van der Waals surface area contributed by atoms with E-state index in [0.29, 0.717) is 6.42 Å². The highest BCUT2D eigenvalue weighted by molar-refractivity contribution is 5.66. The highest BCUT2D eigenvalue weighted by Gasteiger charge is 2.36. The molecule has 0 spiro atoms. The molecule has 1 rings (SSSR count). The van der Waals surface area contributed by atoms with Crippen molar-refractivity contribution < 1.29 is 19.4 Å². The molecule has 0 aromatic heterocycles.